The molecule has 0 aromatic heterocycles. The van der Waals surface area contributed by atoms with E-state index >= 15 is 0 Å². The van der Waals surface area contributed by atoms with E-state index in [9.17, 15) is 13.9 Å². The van der Waals surface area contributed by atoms with Crippen molar-refractivity contribution in [3.8, 4) is 11.8 Å². The van der Waals surface area contributed by atoms with Crippen LogP contribution in [-0.4, -0.2) is 5.11 Å². The number of halogens is 3. The molecule has 1 aromatic carbocycles. The smallest absolute Gasteiger partial charge is 0.153 e. The molecule has 80 valence electrons. The third-order valence-corrected chi connectivity index (χ3v) is 2.39. The van der Waals surface area contributed by atoms with Gasteiger partial charge in [-0.2, -0.15) is 5.26 Å². The van der Waals surface area contributed by atoms with Crippen molar-refractivity contribution in [1.29, 1.82) is 5.26 Å². The van der Waals surface area contributed by atoms with Crippen molar-refractivity contribution in [3.63, 3.8) is 0 Å². The van der Waals surface area contributed by atoms with Gasteiger partial charge in [0, 0.05) is 6.07 Å². The van der Waals surface area contributed by atoms with E-state index in [0.717, 1.165) is 0 Å². The van der Waals surface area contributed by atoms with Gasteiger partial charge in [0.25, 0.3) is 0 Å². The maximum absolute atomic E-state index is 13.5. The summed E-state index contributed by atoms with van der Waals surface area (Å²) in [5.41, 5.74) is -1.57. The Morgan fingerprint density at radius 1 is 1.47 bits per heavy atom. The SMILES string of the molecule is CC(C)(C#N)c1c(O)cc(F)c(Cl)c1F. The Balaban J connectivity index is 3.58. The molecule has 1 N–H and O–H groups in total. The van der Waals surface area contributed by atoms with Crippen molar-refractivity contribution in [2.45, 2.75) is 19.3 Å². The van der Waals surface area contributed by atoms with Gasteiger partial charge in [-0.25, -0.2) is 8.78 Å². The van der Waals surface area contributed by atoms with Crippen LogP contribution in [-0.2, 0) is 5.41 Å². The first kappa shape index (κ1) is 11.7. The van der Waals surface area contributed by atoms with E-state index in [2.05, 4.69) is 0 Å². The lowest BCUT2D eigenvalue weighted by Gasteiger charge is -2.18. The van der Waals surface area contributed by atoms with Crippen LogP contribution in [0.4, 0.5) is 8.78 Å². The summed E-state index contributed by atoms with van der Waals surface area (Å²) in [5, 5.41) is 17.4. The van der Waals surface area contributed by atoms with E-state index in [1.54, 1.807) is 6.07 Å². The minimum atomic E-state index is -1.27. The third-order valence-electron chi connectivity index (χ3n) is 2.05. The zero-order valence-electron chi connectivity index (χ0n) is 8.11. The summed E-state index contributed by atoms with van der Waals surface area (Å²) in [6.07, 6.45) is 0. The molecular formula is C10H8ClF2NO. The highest BCUT2D eigenvalue weighted by atomic mass is 35.5. The second-order valence-electron chi connectivity index (χ2n) is 3.62. The summed E-state index contributed by atoms with van der Waals surface area (Å²) >= 11 is 5.35. The standard InChI is InChI=1S/C10H8ClF2NO/c1-10(2,4-14)7-6(15)3-5(12)8(11)9(7)13/h3,15H,1-2H3. The van der Waals surface area contributed by atoms with Gasteiger partial charge >= 0.3 is 0 Å². The number of rotatable bonds is 1. The van der Waals surface area contributed by atoms with Gasteiger partial charge in [0.05, 0.1) is 17.0 Å². The van der Waals surface area contributed by atoms with Gasteiger partial charge in [-0.05, 0) is 13.8 Å². The fourth-order valence-electron chi connectivity index (χ4n) is 1.23. The van der Waals surface area contributed by atoms with Crippen LogP contribution < -0.4 is 0 Å². The van der Waals surface area contributed by atoms with Gasteiger partial charge in [0.1, 0.15) is 16.6 Å². The molecule has 5 heteroatoms. The van der Waals surface area contributed by atoms with Crippen molar-refractivity contribution in [1.82, 2.24) is 0 Å². The largest absolute Gasteiger partial charge is 0.507 e. The zero-order chi connectivity index (χ0) is 11.8. The second kappa shape index (κ2) is 3.67. The number of hydrogen-bond acceptors (Lipinski definition) is 2. The van der Waals surface area contributed by atoms with E-state index in [0.29, 0.717) is 6.07 Å². The topological polar surface area (TPSA) is 44.0 Å². The van der Waals surface area contributed by atoms with Gasteiger partial charge in [-0.15, -0.1) is 0 Å². The Hall–Kier alpha value is -1.34. The van der Waals surface area contributed by atoms with Crippen molar-refractivity contribution in [3.05, 3.63) is 28.3 Å². The lowest BCUT2D eigenvalue weighted by atomic mass is 9.85. The Labute approximate surface area is 90.7 Å². The molecule has 0 spiro atoms. The molecule has 15 heavy (non-hydrogen) atoms. The summed E-state index contributed by atoms with van der Waals surface area (Å²) in [6.45, 7) is 2.80. The van der Waals surface area contributed by atoms with Gasteiger partial charge < -0.3 is 5.11 Å². The van der Waals surface area contributed by atoms with Gasteiger partial charge in [0.2, 0.25) is 0 Å². The lowest BCUT2D eigenvalue weighted by Crippen LogP contribution is -2.17. The first-order chi connectivity index (χ1) is 6.81. The van der Waals surface area contributed by atoms with E-state index in [1.807, 2.05) is 0 Å². The number of phenolic OH excluding ortho intramolecular Hbond substituents is 1. The fraction of sp³-hybridized carbons (Fsp3) is 0.300. The minimum Gasteiger partial charge on any atom is -0.507 e. The third kappa shape index (κ3) is 1.88. The zero-order valence-corrected chi connectivity index (χ0v) is 8.86. The average molecular weight is 232 g/mol. The van der Waals surface area contributed by atoms with Crippen LogP contribution in [0.25, 0.3) is 0 Å². The molecule has 0 saturated carbocycles. The van der Waals surface area contributed by atoms with E-state index in [4.69, 9.17) is 16.9 Å². The van der Waals surface area contributed by atoms with Crippen molar-refractivity contribution in [2.75, 3.05) is 0 Å². The Bertz CT molecular complexity index is 452. The molecular weight excluding hydrogens is 224 g/mol. The highest BCUT2D eigenvalue weighted by molar-refractivity contribution is 6.31. The van der Waals surface area contributed by atoms with Crippen molar-refractivity contribution < 1.29 is 13.9 Å². The summed E-state index contributed by atoms with van der Waals surface area (Å²) < 4.78 is 26.4. The Morgan fingerprint density at radius 3 is 2.47 bits per heavy atom. The molecule has 0 amide bonds. The summed E-state index contributed by atoms with van der Waals surface area (Å²) in [5.74, 6) is -2.76. The first-order valence-corrected chi connectivity index (χ1v) is 4.47. The summed E-state index contributed by atoms with van der Waals surface area (Å²) in [6, 6.07) is 2.50. The molecule has 0 atom stereocenters. The van der Waals surface area contributed by atoms with Crippen LogP contribution in [0.2, 0.25) is 5.02 Å². The molecule has 2 nitrogen and oxygen atoms in total. The van der Waals surface area contributed by atoms with Crippen molar-refractivity contribution in [2.24, 2.45) is 0 Å². The molecule has 0 bridgehead atoms. The van der Waals surface area contributed by atoms with Gasteiger partial charge in [-0.1, -0.05) is 11.6 Å². The van der Waals surface area contributed by atoms with Gasteiger partial charge in [-0.3, -0.25) is 0 Å². The summed E-state index contributed by atoms with van der Waals surface area (Å²) in [4.78, 5) is 0. The Kier molecular flexibility index (Phi) is 2.87. The second-order valence-corrected chi connectivity index (χ2v) is 4.00. The molecule has 0 aliphatic heterocycles. The first-order valence-electron chi connectivity index (χ1n) is 4.09. The lowest BCUT2D eigenvalue weighted by molar-refractivity contribution is 0.434. The van der Waals surface area contributed by atoms with Crippen LogP contribution in [0, 0.1) is 23.0 Å². The van der Waals surface area contributed by atoms with Crippen LogP contribution in [0.15, 0.2) is 6.07 Å². The predicted molar refractivity (Wildman–Crippen MR) is 51.7 cm³/mol. The van der Waals surface area contributed by atoms with E-state index in [-0.39, 0.29) is 5.56 Å². The summed E-state index contributed by atoms with van der Waals surface area (Å²) in [7, 11) is 0. The van der Waals surface area contributed by atoms with Crippen LogP contribution >= 0.6 is 11.6 Å². The van der Waals surface area contributed by atoms with Crippen LogP contribution in [0.1, 0.15) is 19.4 Å². The number of phenols is 1. The quantitative estimate of drug-likeness (QED) is 0.755. The molecule has 0 fully saturated rings. The highest BCUT2D eigenvalue weighted by Crippen LogP contribution is 2.37. The fourth-order valence-corrected chi connectivity index (χ4v) is 1.38. The number of nitrogens with zero attached hydrogens (tertiary/aromatic N) is 1. The maximum Gasteiger partial charge on any atom is 0.153 e. The predicted octanol–water partition coefficient (Wildman–Crippen LogP) is 3.12. The molecule has 0 aliphatic carbocycles. The van der Waals surface area contributed by atoms with Crippen LogP contribution in [0.5, 0.6) is 5.75 Å². The highest BCUT2D eigenvalue weighted by Gasteiger charge is 2.30. The minimum absolute atomic E-state index is 0.295. The van der Waals surface area contributed by atoms with Crippen LogP contribution in [0.3, 0.4) is 0 Å². The number of hydrogen-bond donors (Lipinski definition) is 1. The molecule has 0 heterocycles. The molecule has 1 aromatic rings. The van der Waals surface area contributed by atoms with E-state index < -0.39 is 27.8 Å². The number of nitriles is 1. The molecule has 1 rings (SSSR count). The number of aromatic hydroxyl groups is 1. The molecule has 0 saturated heterocycles. The molecule has 0 aliphatic rings. The normalized spacial score (nSPS) is 11.2. The molecule has 0 radical (unpaired) electrons. The van der Waals surface area contributed by atoms with E-state index in [1.165, 1.54) is 13.8 Å². The Morgan fingerprint density at radius 2 is 2.00 bits per heavy atom. The monoisotopic (exact) mass is 231 g/mol. The maximum atomic E-state index is 13.5. The molecule has 0 unspecified atom stereocenters. The van der Waals surface area contributed by atoms with Crippen molar-refractivity contribution >= 4 is 11.6 Å². The van der Waals surface area contributed by atoms with Gasteiger partial charge in [0.15, 0.2) is 5.82 Å². The average Bonchev–Trinajstić information content (AvgIpc) is 2.14. The number of benzene rings is 1.